The number of nitrogens with two attached hydrogens (primary N) is 1. The van der Waals surface area contributed by atoms with Crippen LogP contribution in [0, 0.1) is 11.3 Å². The minimum atomic E-state index is -0.301. The fourth-order valence-corrected chi connectivity index (χ4v) is 2.21. The first-order valence-corrected chi connectivity index (χ1v) is 7.13. The van der Waals surface area contributed by atoms with Gasteiger partial charge in [0.1, 0.15) is 23.2 Å². The maximum absolute atomic E-state index is 11.9. The molecule has 0 radical (unpaired) electrons. The molecule has 0 atom stereocenters. The highest BCUT2D eigenvalue weighted by Crippen LogP contribution is 2.27. The van der Waals surface area contributed by atoms with E-state index >= 15 is 0 Å². The van der Waals surface area contributed by atoms with Crippen LogP contribution >= 0.6 is 23.2 Å². The number of halogens is 2. The number of nitrogens with zero attached hydrogens (tertiary/aromatic N) is 3. The number of hydrogen-bond acceptors (Lipinski definition) is 5. The van der Waals surface area contributed by atoms with E-state index in [2.05, 4.69) is 5.10 Å². The highest BCUT2D eigenvalue weighted by Gasteiger charge is 2.13. The first kappa shape index (κ1) is 16.1. The molecule has 0 aliphatic carbocycles. The molecule has 114 valence electrons. The molecule has 2 rings (SSSR count). The second-order valence-electron chi connectivity index (χ2n) is 4.39. The number of nitriles is 1. The van der Waals surface area contributed by atoms with Gasteiger partial charge >= 0.3 is 0 Å². The summed E-state index contributed by atoms with van der Waals surface area (Å²) in [7, 11) is 0. The van der Waals surface area contributed by atoms with Crippen LogP contribution in [0.2, 0.25) is 10.0 Å². The molecule has 0 spiro atoms. The zero-order valence-electron chi connectivity index (χ0n) is 11.4. The number of anilines is 1. The summed E-state index contributed by atoms with van der Waals surface area (Å²) in [5, 5.41) is 13.5. The minimum absolute atomic E-state index is 0.0502. The summed E-state index contributed by atoms with van der Waals surface area (Å²) in [6, 6.07) is 6.77. The molecule has 22 heavy (non-hydrogen) atoms. The van der Waals surface area contributed by atoms with Crippen molar-refractivity contribution in [1.29, 1.82) is 5.26 Å². The van der Waals surface area contributed by atoms with Gasteiger partial charge < -0.3 is 10.5 Å². The molecule has 0 aliphatic rings. The van der Waals surface area contributed by atoms with Gasteiger partial charge in [0.2, 0.25) is 5.91 Å². The van der Waals surface area contributed by atoms with Crippen LogP contribution in [-0.4, -0.2) is 22.3 Å². The molecule has 8 heteroatoms. The van der Waals surface area contributed by atoms with Gasteiger partial charge in [0.25, 0.3) is 0 Å². The Morgan fingerprint density at radius 3 is 2.86 bits per heavy atom. The Balaban J connectivity index is 1.85. The molecule has 1 aromatic carbocycles. The third kappa shape index (κ3) is 3.70. The molecule has 0 fully saturated rings. The Morgan fingerprint density at radius 1 is 1.45 bits per heavy atom. The second kappa shape index (κ2) is 7.16. The van der Waals surface area contributed by atoms with Crippen molar-refractivity contribution in [3.63, 3.8) is 0 Å². The van der Waals surface area contributed by atoms with E-state index in [9.17, 15) is 4.79 Å². The molecule has 0 amide bonds. The van der Waals surface area contributed by atoms with Gasteiger partial charge in [-0.15, -0.1) is 0 Å². The lowest BCUT2D eigenvalue weighted by atomic mass is 10.3. The average Bonchev–Trinajstić information content (AvgIpc) is 2.86. The smallest absolute Gasteiger partial charge is 0.248 e. The van der Waals surface area contributed by atoms with E-state index < -0.39 is 0 Å². The van der Waals surface area contributed by atoms with Crippen LogP contribution in [0.4, 0.5) is 5.82 Å². The zero-order valence-corrected chi connectivity index (χ0v) is 12.9. The number of aromatic nitrogens is 2. The van der Waals surface area contributed by atoms with Crippen molar-refractivity contribution in [1.82, 2.24) is 9.78 Å². The highest BCUT2D eigenvalue weighted by atomic mass is 35.5. The quantitative estimate of drug-likeness (QED) is 0.845. The standard InChI is InChI=1S/C14H12Cl2N4O2/c15-10-3-4-12(11(16)6-10)22-5-1-2-13(21)20-14(18)9(7-17)8-19-20/h3-4,6,8H,1-2,5,18H2. The van der Waals surface area contributed by atoms with Gasteiger partial charge in [0, 0.05) is 11.4 Å². The van der Waals surface area contributed by atoms with Crippen LogP contribution < -0.4 is 10.5 Å². The lowest BCUT2D eigenvalue weighted by Crippen LogP contribution is -2.16. The van der Waals surface area contributed by atoms with Gasteiger partial charge in [0.05, 0.1) is 17.8 Å². The highest BCUT2D eigenvalue weighted by molar-refractivity contribution is 6.35. The third-order valence-corrected chi connectivity index (χ3v) is 3.38. The molecule has 0 bridgehead atoms. The van der Waals surface area contributed by atoms with E-state index in [0.717, 1.165) is 4.68 Å². The van der Waals surface area contributed by atoms with Crippen molar-refractivity contribution in [2.45, 2.75) is 12.8 Å². The maximum atomic E-state index is 11.9. The number of rotatable bonds is 5. The molecule has 0 aliphatic heterocycles. The van der Waals surface area contributed by atoms with Gasteiger partial charge in [0.15, 0.2) is 0 Å². The summed E-state index contributed by atoms with van der Waals surface area (Å²) in [6.07, 6.45) is 1.90. The van der Waals surface area contributed by atoms with Crippen molar-refractivity contribution in [3.05, 3.63) is 40.0 Å². The molecule has 1 heterocycles. The largest absolute Gasteiger partial charge is 0.492 e. The summed E-state index contributed by atoms with van der Waals surface area (Å²) in [6.45, 7) is 0.305. The van der Waals surface area contributed by atoms with Crippen molar-refractivity contribution >= 4 is 34.9 Å². The molecule has 2 aromatic rings. The molecule has 0 unspecified atom stereocenters. The lowest BCUT2D eigenvalue weighted by molar-refractivity contribution is 0.0880. The van der Waals surface area contributed by atoms with E-state index in [1.54, 1.807) is 18.2 Å². The number of nitrogen functional groups attached to an aromatic ring is 1. The fraction of sp³-hybridized carbons (Fsp3) is 0.214. The molecular weight excluding hydrogens is 327 g/mol. The summed E-state index contributed by atoms with van der Waals surface area (Å²) >= 11 is 11.8. The summed E-state index contributed by atoms with van der Waals surface area (Å²) in [5.74, 6) is 0.253. The monoisotopic (exact) mass is 338 g/mol. The third-order valence-electron chi connectivity index (χ3n) is 2.85. The zero-order chi connectivity index (χ0) is 16.1. The van der Waals surface area contributed by atoms with Gasteiger partial charge in [-0.3, -0.25) is 4.79 Å². The number of benzene rings is 1. The second-order valence-corrected chi connectivity index (χ2v) is 5.23. The van der Waals surface area contributed by atoms with Crippen LogP contribution in [0.1, 0.15) is 23.2 Å². The number of carbonyl (C=O) groups excluding carboxylic acids is 1. The Bertz CT molecular complexity index is 737. The average molecular weight is 339 g/mol. The Kier molecular flexibility index (Phi) is 5.26. The van der Waals surface area contributed by atoms with Gasteiger partial charge in [-0.1, -0.05) is 23.2 Å². The van der Waals surface area contributed by atoms with Crippen LogP contribution in [0.15, 0.2) is 24.4 Å². The molecular formula is C14H12Cl2N4O2. The predicted molar refractivity (Wildman–Crippen MR) is 83.2 cm³/mol. The van der Waals surface area contributed by atoms with Crippen molar-refractivity contribution in [2.24, 2.45) is 0 Å². The Hall–Kier alpha value is -2.23. The number of hydrogen-bond donors (Lipinski definition) is 1. The molecule has 1 aromatic heterocycles. The van der Waals surface area contributed by atoms with Gasteiger partial charge in [-0.25, -0.2) is 0 Å². The van der Waals surface area contributed by atoms with E-state index in [1.807, 2.05) is 6.07 Å². The van der Waals surface area contributed by atoms with Gasteiger partial charge in [-0.05, 0) is 24.6 Å². The van der Waals surface area contributed by atoms with Crippen LogP contribution in [0.25, 0.3) is 0 Å². The summed E-state index contributed by atoms with van der Waals surface area (Å²) in [4.78, 5) is 11.9. The molecule has 0 saturated heterocycles. The van der Waals surface area contributed by atoms with E-state index in [1.165, 1.54) is 6.20 Å². The van der Waals surface area contributed by atoms with Crippen LogP contribution in [0.5, 0.6) is 5.75 Å². The van der Waals surface area contributed by atoms with Crippen molar-refractivity contribution < 1.29 is 9.53 Å². The lowest BCUT2D eigenvalue weighted by Gasteiger charge is -2.08. The van der Waals surface area contributed by atoms with E-state index in [0.29, 0.717) is 28.8 Å². The predicted octanol–water partition coefficient (Wildman–Crippen LogP) is 3.14. The Morgan fingerprint density at radius 2 is 2.23 bits per heavy atom. The normalized spacial score (nSPS) is 10.2. The number of carbonyl (C=O) groups is 1. The summed E-state index contributed by atoms with van der Waals surface area (Å²) < 4.78 is 6.50. The summed E-state index contributed by atoms with van der Waals surface area (Å²) in [5.41, 5.74) is 5.82. The van der Waals surface area contributed by atoms with Crippen LogP contribution in [0.3, 0.4) is 0 Å². The SMILES string of the molecule is N#Cc1cnn(C(=O)CCCOc2ccc(Cl)cc2Cl)c1N. The fourth-order valence-electron chi connectivity index (χ4n) is 1.75. The number of ether oxygens (including phenoxy) is 1. The Labute approximate surface area is 137 Å². The van der Waals surface area contributed by atoms with E-state index in [4.69, 9.17) is 38.9 Å². The first-order valence-electron chi connectivity index (χ1n) is 6.37. The molecule has 6 nitrogen and oxygen atoms in total. The molecule has 0 saturated carbocycles. The van der Waals surface area contributed by atoms with Crippen LogP contribution in [-0.2, 0) is 0 Å². The van der Waals surface area contributed by atoms with Crippen molar-refractivity contribution in [2.75, 3.05) is 12.3 Å². The van der Waals surface area contributed by atoms with Crippen molar-refractivity contribution in [3.8, 4) is 11.8 Å². The maximum Gasteiger partial charge on any atom is 0.248 e. The van der Waals surface area contributed by atoms with Gasteiger partial charge in [-0.2, -0.15) is 15.0 Å². The minimum Gasteiger partial charge on any atom is -0.492 e. The first-order chi connectivity index (χ1) is 10.5. The topological polar surface area (TPSA) is 93.9 Å². The molecule has 2 N–H and O–H groups in total. The van der Waals surface area contributed by atoms with E-state index in [-0.39, 0.29) is 23.7 Å².